The number of carbonyl (C=O) groups excluding carboxylic acids is 2. The van der Waals surface area contributed by atoms with Gasteiger partial charge in [0.25, 0.3) is 0 Å². The van der Waals surface area contributed by atoms with Gasteiger partial charge in [-0.1, -0.05) is 37.4 Å². The maximum absolute atomic E-state index is 15.2. The van der Waals surface area contributed by atoms with Crippen molar-refractivity contribution in [3.8, 4) is 39.5 Å². The molecule has 0 aliphatic rings. The number of hydrogen-bond donors (Lipinski definition) is 0. The van der Waals surface area contributed by atoms with Gasteiger partial charge >= 0.3 is 11.9 Å². The van der Waals surface area contributed by atoms with Gasteiger partial charge in [0.2, 0.25) is 0 Å². The van der Waals surface area contributed by atoms with Gasteiger partial charge in [0.1, 0.15) is 42.9 Å². The van der Waals surface area contributed by atoms with Crippen LogP contribution in [0.5, 0.6) is 17.2 Å². The van der Waals surface area contributed by atoms with E-state index >= 15 is 4.39 Å². The van der Waals surface area contributed by atoms with Gasteiger partial charge in [-0.3, -0.25) is 0 Å². The summed E-state index contributed by atoms with van der Waals surface area (Å²) in [6, 6.07) is 16.7. The molecule has 0 fully saturated rings. The van der Waals surface area contributed by atoms with Crippen LogP contribution in [0.2, 0.25) is 0 Å². The van der Waals surface area contributed by atoms with Crippen molar-refractivity contribution in [1.29, 1.82) is 0 Å². The molecule has 0 radical (unpaired) electrons. The van der Waals surface area contributed by atoms with Crippen molar-refractivity contribution in [2.75, 3.05) is 33.5 Å². The number of benzene rings is 3. The van der Waals surface area contributed by atoms with Gasteiger partial charge in [0.05, 0.1) is 6.61 Å². The molecule has 7 nitrogen and oxygen atoms in total. The molecule has 204 valence electrons. The fourth-order valence-corrected chi connectivity index (χ4v) is 3.39. The van der Waals surface area contributed by atoms with E-state index in [4.69, 9.17) is 23.7 Å². The van der Waals surface area contributed by atoms with Gasteiger partial charge in [-0.25, -0.2) is 14.0 Å². The van der Waals surface area contributed by atoms with Crippen LogP contribution in [0.15, 0.2) is 85.0 Å². The Balaban J connectivity index is 1.80. The molecule has 0 atom stereocenters. The Labute approximate surface area is 227 Å². The van der Waals surface area contributed by atoms with Gasteiger partial charge < -0.3 is 23.7 Å². The first-order chi connectivity index (χ1) is 18.7. The molecule has 3 rings (SSSR count). The van der Waals surface area contributed by atoms with E-state index in [2.05, 4.69) is 13.2 Å². The predicted molar refractivity (Wildman–Crippen MR) is 146 cm³/mol. The average molecular weight is 535 g/mol. The lowest BCUT2D eigenvalue weighted by Gasteiger charge is -2.14. The van der Waals surface area contributed by atoms with E-state index in [0.717, 1.165) is 0 Å². The third-order valence-corrected chi connectivity index (χ3v) is 5.40. The summed E-state index contributed by atoms with van der Waals surface area (Å²) in [6.07, 6.45) is 0. The first-order valence-corrected chi connectivity index (χ1v) is 12.2. The highest BCUT2D eigenvalue weighted by Crippen LogP contribution is 2.33. The molecule has 3 aromatic carbocycles. The van der Waals surface area contributed by atoms with Crippen molar-refractivity contribution in [2.24, 2.45) is 0 Å². The number of esters is 2. The number of ether oxygens (including phenoxy) is 5. The van der Waals surface area contributed by atoms with E-state index in [0.29, 0.717) is 58.3 Å². The van der Waals surface area contributed by atoms with Crippen LogP contribution in [0.1, 0.15) is 13.8 Å². The lowest BCUT2D eigenvalue weighted by molar-refractivity contribution is -0.139. The molecule has 0 aliphatic carbocycles. The van der Waals surface area contributed by atoms with Crippen LogP contribution in [0, 0.1) is 5.82 Å². The fraction of sp³-hybridized carbons (Fsp3) is 0.226. The lowest BCUT2D eigenvalue weighted by Crippen LogP contribution is -2.12. The molecule has 0 bridgehead atoms. The van der Waals surface area contributed by atoms with Crippen LogP contribution < -0.4 is 14.2 Å². The largest absolute Gasteiger partial charge is 0.491 e. The highest BCUT2D eigenvalue weighted by Gasteiger charge is 2.12. The van der Waals surface area contributed by atoms with E-state index in [1.807, 2.05) is 0 Å². The molecule has 0 heterocycles. The fourth-order valence-electron chi connectivity index (χ4n) is 3.39. The molecule has 0 aromatic heterocycles. The maximum Gasteiger partial charge on any atom is 0.338 e. The van der Waals surface area contributed by atoms with Crippen molar-refractivity contribution in [2.45, 2.75) is 13.8 Å². The Morgan fingerprint density at radius 1 is 0.692 bits per heavy atom. The number of hydrogen-bond acceptors (Lipinski definition) is 7. The highest BCUT2D eigenvalue weighted by molar-refractivity contribution is 5.89. The smallest absolute Gasteiger partial charge is 0.338 e. The van der Waals surface area contributed by atoms with Gasteiger partial charge in [0, 0.05) is 29.9 Å². The Morgan fingerprint density at radius 3 is 1.85 bits per heavy atom. The van der Waals surface area contributed by atoms with E-state index in [-0.39, 0.29) is 18.8 Å². The molecular formula is C31H31FO7. The van der Waals surface area contributed by atoms with E-state index in [1.165, 1.54) is 6.07 Å². The topological polar surface area (TPSA) is 80.3 Å². The van der Waals surface area contributed by atoms with E-state index in [9.17, 15) is 9.59 Å². The Kier molecular flexibility index (Phi) is 10.4. The number of rotatable bonds is 13. The summed E-state index contributed by atoms with van der Waals surface area (Å²) in [5.41, 5.74) is 2.89. The zero-order valence-corrected chi connectivity index (χ0v) is 22.3. The summed E-state index contributed by atoms with van der Waals surface area (Å²) in [4.78, 5) is 23.3. The van der Waals surface area contributed by atoms with E-state index in [1.54, 1.807) is 75.6 Å². The third-order valence-electron chi connectivity index (χ3n) is 5.40. The van der Waals surface area contributed by atoms with Crippen molar-refractivity contribution >= 4 is 11.9 Å². The first-order valence-electron chi connectivity index (χ1n) is 12.2. The molecular weight excluding hydrogens is 503 g/mol. The summed E-state index contributed by atoms with van der Waals surface area (Å²) >= 11 is 0. The van der Waals surface area contributed by atoms with Crippen LogP contribution in [0.4, 0.5) is 4.39 Å². The van der Waals surface area contributed by atoms with Gasteiger partial charge in [-0.05, 0) is 60.9 Å². The highest BCUT2D eigenvalue weighted by atomic mass is 19.1. The SMILES string of the molecule is C=C(C)C(=O)OCCOc1cc(OCCOC)cc(-c2ccc(-c3ccc(OC(=O)C(=C)C)cc3)c(F)c2)c1. The molecule has 0 N–H and O–H groups in total. The molecule has 0 saturated carbocycles. The second-order valence-corrected chi connectivity index (χ2v) is 8.69. The third kappa shape index (κ3) is 8.55. The molecule has 0 amide bonds. The van der Waals surface area contributed by atoms with Gasteiger partial charge in [-0.15, -0.1) is 0 Å². The normalized spacial score (nSPS) is 10.5. The van der Waals surface area contributed by atoms with Crippen molar-refractivity contribution in [1.82, 2.24) is 0 Å². The minimum absolute atomic E-state index is 0.0459. The second kappa shape index (κ2) is 13.9. The molecule has 0 spiro atoms. The molecule has 8 heteroatoms. The number of halogens is 1. The van der Waals surface area contributed by atoms with Crippen LogP contribution in [-0.2, 0) is 19.1 Å². The second-order valence-electron chi connectivity index (χ2n) is 8.69. The average Bonchev–Trinajstić information content (AvgIpc) is 2.91. The van der Waals surface area contributed by atoms with Crippen molar-refractivity contribution in [3.05, 3.63) is 90.8 Å². The van der Waals surface area contributed by atoms with Crippen LogP contribution in [0.25, 0.3) is 22.3 Å². The minimum Gasteiger partial charge on any atom is -0.491 e. The quantitative estimate of drug-likeness (QED) is 0.112. The minimum atomic E-state index is -0.525. The standard InChI is InChI=1S/C31H31FO7/c1-20(2)30(33)38-15-14-37-27-17-24(16-26(19-27)36-13-12-35-5)23-8-11-28(29(32)18-23)22-6-9-25(10-7-22)39-31(34)21(3)4/h6-11,16-19H,1,3,12-15H2,2,4-5H3. The number of methoxy groups -OCH3 is 1. The summed E-state index contributed by atoms with van der Waals surface area (Å²) in [6.45, 7) is 11.1. The van der Waals surface area contributed by atoms with E-state index < -0.39 is 17.8 Å². The Bertz CT molecular complexity index is 1350. The summed E-state index contributed by atoms with van der Waals surface area (Å²) in [5.74, 6) is -0.120. The van der Waals surface area contributed by atoms with Crippen LogP contribution >= 0.6 is 0 Å². The monoisotopic (exact) mass is 534 g/mol. The zero-order valence-electron chi connectivity index (χ0n) is 22.3. The maximum atomic E-state index is 15.2. The predicted octanol–water partition coefficient (Wildman–Crippen LogP) is 6.16. The van der Waals surface area contributed by atoms with Crippen molar-refractivity contribution < 1.29 is 37.7 Å². The zero-order chi connectivity index (χ0) is 28.4. The molecule has 0 aliphatic heterocycles. The summed E-state index contributed by atoms with van der Waals surface area (Å²) < 4.78 is 42.1. The molecule has 3 aromatic rings. The van der Waals surface area contributed by atoms with Crippen LogP contribution in [-0.4, -0.2) is 45.5 Å². The molecule has 39 heavy (non-hydrogen) atoms. The molecule has 0 unspecified atom stereocenters. The number of carbonyl (C=O) groups is 2. The summed E-state index contributed by atoms with van der Waals surface area (Å²) in [5, 5.41) is 0. The van der Waals surface area contributed by atoms with Gasteiger partial charge in [0.15, 0.2) is 0 Å². The van der Waals surface area contributed by atoms with Crippen molar-refractivity contribution in [3.63, 3.8) is 0 Å². The van der Waals surface area contributed by atoms with Crippen LogP contribution in [0.3, 0.4) is 0 Å². The first kappa shape index (κ1) is 29.1. The lowest BCUT2D eigenvalue weighted by atomic mass is 9.99. The Morgan fingerprint density at radius 2 is 1.28 bits per heavy atom. The van der Waals surface area contributed by atoms with Gasteiger partial charge in [-0.2, -0.15) is 0 Å². The molecule has 0 saturated heterocycles. The summed E-state index contributed by atoms with van der Waals surface area (Å²) in [7, 11) is 1.58. The Hall–Kier alpha value is -4.43.